The van der Waals surface area contributed by atoms with E-state index in [1.54, 1.807) is 7.11 Å². The number of methoxy groups -OCH3 is 1. The molecule has 1 heterocycles. The van der Waals surface area contributed by atoms with Gasteiger partial charge in [0.15, 0.2) is 0 Å². The maximum atomic E-state index is 9.66. The molecule has 1 aromatic carbocycles. The Morgan fingerprint density at radius 3 is 2.55 bits per heavy atom. The summed E-state index contributed by atoms with van der Waals surface area (Å²) < 4.78 is 5.61. The molecular weight excluding hydrogens is 276 g/mol. The van der Waals surface area contributed by atoms with Gasteiger partial charge in [-0.2, -0.15) is 0 Å². The van der Waals surface area contributed by atoms with Crippen LogP contribution in [-0.2, 0) is 0 Å². The Labute approximate surface area is 125 Å². The summed E-state index contributed by atoms with van der Waals surface area (Å²) in [5.74, 6) is 0.804. The Kier molecular flexibility index (Phi) is 4.78. The SMILES string of the molecule is COc1c(C(C)N)cc(Cl)c(C)c1N1CCC(O)CC1. The monoisotopic (exact) mass is 298 g/mol. The third-order valence-corrected chi connectivity index (χ3v) is 4.34. The highest BCUT2D eigenvalue weighted by molar-refractivity contribution is 6.32. The van der Waals surface area contributed by atoms with Gasteiger partial charge < -0.3 is 20.5 Å². The first kappa shape index (κ1) is 15.4. The molecule has 1 unspecified atom stereocenters. The van der Waals surface area contributed by atoms with Crippen LogP contribution in [0.2, 0.25) is 5.02 Å². The molecule has 3 N–H and O–H groups in total. The van der Waals surface area contributed by atoms with E-state index >= 15 is 0 Å². The van der Waals surface area contributed by atoms with Gasteiger partial charge >= 0.3 is 0 Å². The summed E-state index contributed by atoms with van der Waals surface area (Å²) in [7, 11) is 1.66. The maximum absolute atomic E-state index is 9.66. The predicted octanol–water partition coefficient (Wildman–Crippen LogP) is 2.64. The van der Waals surface area contributed by atoms with Gasteiger partial charge in [0.1, 0.15) is 5.75 Å². The zero-order valence-corrected chi connectivity index (χ0v) is 13.1. The van der Waals surface area contributed by atoms with Gasteiger partial charge in [-0.1, -0.05) is 11.6 Å². The minimum Gasteiger partial charge on any atom is -0.494 e. The van der Waals surface area contributed by atoms with Gasteiger partial charge in [0.05, 0.1) is 18.9 Å². The van der Waals surface area contributed by atoms with Crippen LogP contribution in [0.4, 0.5) is 5.69 Å². The fourth-order valence-corrected chi connectivity index (χ4v) is 2.96. The molecule has 2 rings (SSSR count). The summed E-state index contributed by atoms with van der Waals surface area (Å²) >= 11 is 6.35. The Morgan fingerprint density at radius 2 is 2.05 bits per heavy atom. The zero-order valence-electron chi connectivity index (χ0n) is 12.3. The van der Waals surface area contributed by atoms with Crippen LogP contribution in [0.15, 0.2) is 6.07 Å². The van der Waals surface area contributed by atoms with E-state index < -0.39 is 0 Å². The molecule has 1 fully saturated rings. The van der Waals surface area contributed by atoms with Crippen molar-refractivity contribution in [2.75, 3.05) is 25.1 Å². The highest BCUT2D eigenvalue weighted by atomic mass is 35.5. The van der Waals surface area contributed by atoms with Crippen molar-refractivity contribution >= 4 is 17.3 Å². The van der Waals surface area contributed by atoms with E-state index in [0.717, 1.165) is 48.5 Å². The summed E-state index contributed by atoms with van der Waals surface area (Å²) in [5, 5.41) is 10.4. The van der Waals surface area contributed by atoms with Crippen molar-refractivity contribution in [3.05, 3.63) is 22.2 Å². The predicted molar refractivity (Wildman–Crippen MR) is 82.8 cm³/mol. The summed E-state index contributed by atoms with van der Waals surface area (Å²) in [6.07, 6.45) is 1.33. The van der Waals surface area contributed by atoms with Gasteiger partial charge in [0.25, 0.3) is 0 Å². The van der Waals surface area contributed by atoms with Crippen LogP contribution in [0, 0.1) is 6.92 Å². The van der Waals surface area contributed by atoms with Gasteiger partial charge in [0, 0.05) is 29.7 Å². The topological polar surface area (TPSA) is 58.7 Å². The molecular formula is C15H23ClN2O2. The second-order valence-electron chi connectivity index (χ2n) is 5.46. The molecule has 1 aliphatic rings. The summed E-state index contributed by atoms with van der Waals surface area (Å²) in [6.45, 7) is 5.53. The van der Waals surface area contributed by atoms with Gasteiger partial charge in [-0.25, -0.2) is 0 Å². The number of ether oxygens (including phenoxy) is 1. The van der Waals surface area contributed by atoms with E-state index in [9.17, 15) is 5.11 Å². The molecule has 5 heteroatoms. The molecule has 0 amide bonds. The number of hydrogen-bond donors (Lipinski definition) is 2. The minimum absolute atomic E-state index is 0.141. The second kappa shape index (κ2) is 6.20. The van der Waals surface area contributed by atoms with Crippen molar-refractivity contribution in [2.24, 2.45) is 5.73 Å². The molecule has 1 aromatic rings. The van der Waals surface area contributed by atoms with Crippen LogP contribution in [0.5, 0.6) is 5.75 Å². The van der Waals surface area contributed by atoms with E-state index in [1.165, 1.54) is 0 Å². The number of aliphatic hydroxyl groups excluding tert-OH is 1. The summed E-state index contributed by atoms with van der Waals surface area (Å²) in [5.41, 5.74) is 8.97. The van der Waals surface area contributed by atoms with Crippen LogP contribution in [0.3, 0.4) is 0 Å². The van der Waals surface area contributed by atoms with E-state index in [0.29, 0.717) is 5.02 Å². The lowest BCUT2D eigenvalue weighted by atomic mass is 10.00. The number of rotatable bonds is 3. The Bertz CT molecular complexity index is 483. The Morgan fingerprint density at radius 1 is 1.45 bits per heavy atom. The molecule has 112 valence electrons. The lowest BCUT2D eigenvalue weighted by molar-refractivity contribution is 0.145. The molecule has 0 spiro atoms. The highest BCUT2D eigenvalue weighted by Gasteiger charge is 2.25. The van der Waals surface area contributed by atoms with Crippen LogP contribution in [-0.4, -0.2) is 31.4 Å². The average Bonchev–Trinajstić information content (AvgIpc) is 2.42. The normalized spacial score (nSPS) is 18.2. The molecule has 1 aliphatic heterocycles. The fraction of sp³-hybridized carbons (Fsp3) is 0.600. The molecule has 1 atom stereocenters. The molecule has 0 aliphatic carbocycles. The molecule has 0 saturated carbocycles. The largest absolute Gasteiger partial charge is 0.494 e. The van der Waals surface area contributed by atoms with E-state index in [-0.39, 0.29) is 12.1 Å². The smallest absolute Gasteiger partial charge is 0.147 e. The van der Waals surface area contributed by atoms with Crippen molar-refractivity contribution in [3.8, 4) is 5.75 Å². The molecule has 0 aromatic heterocycles. The van der Waals surface area contributed by atoms with Gasteiger partial charge in [-0.05, 0) is 38.3 Å². The minimum atomic E-state index is -0.204. The summed E-state index contributed by atoms with van der Waals surface area (Å²) in [4.78, 5) is 2.23. The molecule has 1 saturated heterocycles. The van der Waals surface area contributed by atoms with Crippen LogP contribution in [0.1, 0.15) is 36.9 Å². The number of anilines is 1. The highest BCUT2D eigenvalue weighted by Crippen LogP contribution is 2.42. The molecule has 0 bridgehead atoms. The van der Waals surface area contributed by atoms with E-state index in [4.69, 9.17) is 22.1 Å². The summed E-state index contributed by atoms with van der Waals surface area (Å²) in [6, 6.07) is 1.75. The van der Waals surface area contributed by atoms with Crippen molar-refractivity contribution in [2.45, 2.75) is 38.8 Å². The van der Waals surface area contributed by atoms with E-state index in [1.807, 2.05) is 19.9 Å². The fourth-order valence-electron chi connectivity index (χ4n) is 2.75. The van der Waals surface area contributed by atoms with Gasteiger partial charge in [0.2, 0.25) is 0 Å². The third kappa shape index (κ3) is 2.87. The average molecular weight is 299 g/mol. The first-order chi connectivity index (χ1) is 9.45. The van der Waals surface area contributed by atoms with E-state index in [2.05, 4.69) is 4.90 Å². The van der Waals surface area contributed by atoms with Crippen LogP contribution >= 0.6 is 11.6 Å². The first-order valence-electron chi connectivity index (χ1n) is 7.01. The number of hydrogen-bond acceptors (Lipinski definition) is 4. The number of benzene rings is 1. The quantitative estimate of drug-likeness (QED) is 0.901. The van der Waals surface area contributed by atoms with Crippen molar-refractivity contribution in [1.29, 1.82) is 0 Å². The second-order valence-corrected chi connectivity index (χ2v) is 5.87. The number of nitrogens with zero attached hydrogens (tertiary/aromatic N) is 1. The van der Waals surface area contributed by atoms with Crippen molar-refractivity contribution in [1.82, 2.24) is 0 Å². The molecule has 20 heavy (non-hydrogen) atoms. The van der Waals surface area contributed by atoms with Gasteiger partial charge in [-0.3, -0.25) is 0 Å². The standard InChI is InChI=1S/C15H23ClN2O2/c1-9-13(16)8-12(10(2)17)15(20-3)14(9)18-6-4-11(19)5-7-18/h8,10-11,19H,4-7,17H2,1-3H3. The number of aliphatic hydroxyl groups is 1. The van der Waals surface area contributed by atoms with Crippen LogP contribution in [0.25, 0.3) is 0 Å². The third-order valence-electron chi connectivity index (χ3n) is 3.95. The maximum Gasteiger partial charge on any atom is 0.147 e. The van der Waals surface area contributed by atoms with Crippen LogP contribution < -0.4 is 15.4 Å². The molecule has 0 radical (unpaired) electrons. The number of nitrogens with two attached hydrogens (primary N) is 1. The number of halogens is 1. The van der Waals surface area contributed by atoms with Crippen molar-refractivity contribution < 1.29 is 9.84 Å². The molecule has 4 nitrogen and oxygen atoms in total. The zero-order chi connectivity index (χ0) is 14.9. The lowest BCUT2D eigenvalue weighted by Gasteiger charge is -2.34. The van der Waals surface area contributed by atoms with Gasteiger partial charge in [-0.15, -0.1) is 0 Å². The lowest BCUT2D eigenvalue weighted by Crippen LogP contribution is -2.36. The Balaban J connectivity index is 2.49. The number of piperidine rings is 1. The van der Waals surface area contributed by atoms with Crippen molar-refractivity contribution in [3.63, 3.8) is 0 Å². The first-order valence-corrected chi connectivity index (χ1v) is 7.39. The Hall–Kier alpha value is -0.970.